The molecule has 1 heterocycles. The Morgan fingerprint density at radius 1 is 0.630 bits per heavy atom. The standard InChI is InChI=1S/C20H34N2O5/c1-21(2)19-5-3-4-6-20(19)22-7-9-23-11-13-25-15-17-27-18-16-26-14-12-24-10-8-22/h3-6H,7-18H2,1-2H3. The smallest absolute Gasteiger partial charge is 0.0701 e. The van der Waals surface area contributed by atoms with E-state index in [1.54, 1.807) is 0 Å². The Morgan fingerprint density at radius 3 is 1.48 bits per heavy atom. The molecule has 7 nitrogen and oxygen atoms in total. The van der Waals surface area contributed by atoms with E-state index in [-0.39, 0.29) is 0 Å². The van der Waals surface area contributed by atoms with Gasteiger partial charge in [-0.25, -0.2) is 0 Å². The Balaban J connectivity index is 1.91. The van der Waals surface area contributed by atoms with Gasteiger partial charge in [-0.3, -0.25) is 0 Å². The van der Waals surface area contributed by atoms with Gasteiger partial charge in [-0.1, -0.05) is 12.1 Å². The van der Waals surface area contributed by atoms with Gasteiger partial charge in [0.15, 0.2) is 0 Å². The van der Waals surface area contributed by atoms with Gasteiger partial charge >= 0.3 is 0 Å². The van der Waals surface area contributed by atoms with E-state index < -0.39 is 0 Å². The van der Waals surface area contributed by atoms with E-state index in [0.717, 1.165) is 13.1 Å². The molecule has 0 bridgehead atoms. The minimum Gasteiger partial charge on any atom is -0.377 e. The van der Waals surface area contributed by atoms with Gasteiger partial charge in [-0.05, 0) is 12.1 Å². The number of anilines is 2. The molecule has 154 valence electrons. The first-order valence-corrected chi connectivity index (χ1v) is 9.69. The summed E-state index contributed by atoms with van der Waals surface area (Å²) in [7, 11) is 4.12. The number of hydrogen-bond acceptors (Lipinski definition) is 7. The Labute approximate surface area is 163 Å². The Morgan fingerprint density at radius 2 is 1.04 bits per heavy atom. The highest BCUT2D eigenvalue weighted by Gasteiger charge is 2.12. The molecule has 0 N–H and O–H groups in total. The van der Waals surface area contributed by atoms with Crippen molar-refractivity contribution in [3.63, 3.8) is 0 Å². The lowest BCUT2D eigenvalue weighted by atomic mass is 10.2. The van der Waals surface area contributed by atoms with E-state index in [2.05, 4.69) is 48.2 Å². The van der Waals surface area contributed by atoms with E-state index in [1.165, 1.54) is 11.4 Å². The highest BCUT2D eigenvalue weighted by Crippen LogP contribution is 2.27. The second-order valence-electron chi connectivity index (χ2n) is 6.43. The van der Waals surface area contributed by atoms with Crippen LogP contribution in [0.3, 0.4) is 0 Å². The van der Waals surface area contributed by atoms with Crippen molar-refractivity contribution in [2.45, 2.75) is 0 Å². The highest BCUT2D eigenvalue weighted by molar-refractivity contribution is 5.70. The van der Waals surface area contributed by atoms with Crippen molar-refractivity contribution in [3.8, 4) is 0 Å². The first-order chi connectivity index (χ1) is 13.3. The van der Waals surface area contributed by atoms with Crippen molar-refractivity contribution >= 4 is 11.4 Å². The average Bonchev–Trinajstić information content (AvgIpc) is 2.68. The maximum Gasteiger partial charge on any atom is 0.0701 e. The van der Waals surface area contributed by atoms with Crippen LogP contribution < -0.4 is 9.80 Å². The second kappa shape index (κ2) is 13.7. The van der Waals surface area contributed by atoms with E-state index in [9.17, 15) is 0 Å². The van der Waals surface area contributed by atoms with Gasteiger partial charge < -0.3 is 33.5 Å². The fourth-order valence-electron chi connectivity index (χ4n) is 2.79. The molecule has 1 fully saturated rings. The second-order valence-corrected chi connectivity index (χ2v) is 6.43. The van der Waals surface area contributed by atoms with Gasteiger partial charge in [-0.2, -0.15) is 0 Å². The SMILES string of the molecule is CN(C)c1ccccc1N1CCOCCOCCOCCOCCOCC1. The van der Waals surface area contributed by atoms with E-state index in [1.807, 2.05) is 0 Å². The number of rotatable bonds is 2. The summed E-state index contributed by atoms with van der Waals surface area (Å²) in [6.07, 6.45) is 0. The van der Waals surface area contributed by atoms with Crippen molar-refractivity contribution in [1.82, 2.24) is 0 Å². The lowest BCUT2D eigenvalue weighted by molar-refractivity contribution is -0.0116. The summed E-state index contributed by atoms with van der Waals surface area (Å²) in [4.78, 5) is 4.44. The lowest BCUT2D eigenvalue weighted by Crippen LogP contribution is -2.33. The molecule has 0 amide bonds. The number of ether oxygens (including phenoxy) is 5. The molecular weight excluding hydrogens is 348 g/mol. The normalized spacial score (nSPS) is 19.9. The van der Waals surface area contributed by atoms with Gasteiger partial charge in [0, 0.05) is 27.2 Å². The van der Waals surface area contributed by atoms with Crippen LogP contribution in [0.2, 0.25) is 0 Å². The summed E-state index contributed by atoms with van der Waals surface area (Å²) >= 11 is 0. The molecular formula is C20H34N2O5. The van der Waals surface area contributed by atoms with Gasteiger partial charge in [0.05, 0.1) is 77.4 Å². The van der Waals surface area contributed by atoms with Crippen LogP contribution in [0, 0.1) is 0 Å². The molecule has 1 saturated heterocycles. The summed E-state index contributed by atoms with van der Waals surface area (Å²) in [6, 6.07) is 8.41. The average molecular weight is 383 g/mol. The fraction of sp³-hybridized carbons (Fsp3) is 0.700. The fourth-order valence-corrected chi connectivity index (χ4v) is 2.79. The van der Waals surface area contributed by atoms with Gasteiger partial charge in [0.25, 0.3) is 0 Å². The Bertz CT molecular complexity index is 483. The number of benzene rings is 1. The summed E-state index contributed by atoms with van der Waals surface area (Å²) in [5, 5.41) is 0. The maximum absolute atomic E-state index is 5.75. The largest absolute Gasteiger partial charge is 0.377 e. The van der Waals surface area contributed by atoms with Crippen LogP contribution in [-0.4, -0.2) is 93.3 Å². The number of para-hydroxylation sites is 2. The quantitative estimate of drug-likeness (QED) is 0.771. The summed E-state index contributed by atoms with van der Waals surface area (Å²) < 4.78 is 27.9. The molecule has 1 aromatic carbocycles. The summed E-state index contributed by atoms with van der Waals surface area (Å²) in [5.41, 5.74) is 2.38. The van der Waals surface area contributed by atoms with Crippen molar-refractivity contribution in [2.75, 3.05) is 103 Å². The topological polar surface area (TPSA) is 52.6 Å². The molecule has 0 unspecified atom stereocenters. The Kier molecular flexibility index (Phi) is 11.2. The molecule has 1 aromatic rings. The molecule has 0 atom stereocenters. The van der Waals surface area contributed by atoms with E-state index in [0.29, 0.717) is 66.1 Å². The Hall–Kier alpha value is -1.38. The van der Waals surface area contributed by atoms with Crippen LogP contribution in [0.25, 0.3) is 0 Å². The van der Waals surface area contributed by atoms with Crippen molar-refractivity contribution < 1.29 is 23.7 Å². The van der Waals surface area contributed by atoms with E-state index in [4.69, 9.17) is 23.7 Å². The van der Waals surface area contributed by atoms with Crippen molar-refractivity contribution in [3.05, 3.63) is 24.3 Å². The number of nitrogens with zero attached hydrogens (tertiary/aromatic N) is 2. The zero-order valence-electron chi connectivity index (χ0n) is 16.7. The van der Waals surface area contributed by atoms with Gasteiger partial charge in [-0.15, -0.1) is 0 Å². The van der Waals surface area contributed by atoms with Crippen LogP contribution in [-0.2, 0) is 23.7 Å². The van der Waals surface area contributed by atoms with Gasteiger partial charge in [0.2, 0.25) is 0 Å². The van der Waals surface area contributed by atoms with E-state index >= 15 is 0 Å². The first-order valence-electron chi connectivity index (χ1n) is 9.69. The third-order valence-corrected chi connectivity index (χ3v) is 4.20. The predicted octanol–water partition coefficient (Wildman–Crippen LogP) is 1.66. The highest BCUT2D eigenvalue weighted by atomic mass is 16.6. The zero-order valence-corrected chi connectivity index (χ0v) is 16.7. The first kappa shape index (κ1) is 21.9. The van der Waals surface area contributed by atoms with Crippen molar-refractivity contribution in [1.29, 1.82) is 0 Å². The van der Waals surface area contributed by atoms with Crippen LogP contribution in [0.5, 0.6) is 0 Å². The molecule has 2 rings (SSSR count). The third kappa shape index (κ3) is 8.90. The zero-order chi connectivity index (χ0) is 19.2. The maximum atomic E-state index is 5.75. The van der Waals surface area contributed by atoms with Crippen LogP contribution in [0.1, 0.15) is 0 Å². The molecule has 0 saturated carbocycles. The molecule has 0 aliphatic carbocycles. The molecule has 1 aliphatic heterocycles. The summed E-state index contributed by atoms with van der Waals surface area (Å²) in [5.74, 6) is 0. The van der Waals surface area contributed by atoms with Gasteiger partial charge in [0.1, 0.15) is 0 Å². The molecule has 0 spiro atoms. The van der Waals surface area contributed by atoms with Crippen LogP contribution in [0.4, 0.5) is 11.4 Å². The molecule has 1 aliphatic rings. The molecule has 7 heteroatoms. The molecule has 0 radical (unpaired) electrons. The predicted molar refractivity (Wildman–Crippen MR) is 107 cm³/mol. The monoisotopic (exact) mass is 382 g/mol. The minimum atomic E-state index is 0.578. The molecule has 0 aromatic heterocycles. The molecule has 27 heavy (non-hydrogen) atoms. The summed E-state index contributed by atoms with van der Waals surface area (Å²) in [6.45, 7) is 7.53. The number of hydrogen-bond donors (Lipinski definition) is 0. The minimum absolute atomic E-state index is 0.578. The lowest BCUT2D eigenvalue weighted by Gasteiger charge is -2.29. The van der Waals surface area contributed by atoms with Crippen molar-refractivity contribution in [2.24, 2.45) is 0 Å². The van der Waals surface area contributed by atoms with Crippen LogP contribution in [0.15, 0.2) is 24.3 Å². The third-order valence-electron chi connectivity index (χ3n) is 4.20. The van der Waals surface area contributed by atoms with Crippen LogP contribution >= 0.6 is 0 Å².